The minimum absolute atomic E-state index is 0. The van der Waals surface area contributed by atoms with Gasteiger partial charge >= 0.3 is 0 Å². The highest BCUT2D eigenvalue weighted by Crippen LogP contribution is 2.06. The van der Waals surface area contributed by atoms with Gasteiger partial charge in [0, 0.05) is 31.7 Å². The van der Waals surface area contributed by atoms with Gasteiger partial charge in [-0.3, -0.25) is 9.78 Å². The summed E-state index contributed by atoms with van der Waals surface area (Å²) in [6, 6.07) is 5.90. The molecule has 1 fully saturated rings. The average molecular weight is 336 g/mol. The Hall–Kier alpha value is -0.880. The smallest absolute Gasteiger partial charge is 0.224 e. The molecule has 1 unspecified atom stereocenters. The quantitative estimate of drug-likeness (QED) is 0.888. The van der Waals surface area contributed by atoms with Gasteiger partial charge < -0.3 is 15.0 Å². The maximum Gasteiger partial charge on any atom is 0.224 e. The molecule has 1 atom stereocenters. The number of carbonyl (C=O) groups is 1. The van der Waals surface area contributed by atoms with Crippen LogP contribution in [0.25, 0.3) is 0 Å². The first-order chi connectivity index (χ1) is 9.29. The molecule has 5 nitrogen and oxygen atoms in total. The molecule has 0 spiro atoms. The molecule has 1 N–H and O–H groups in total. The van der Waals surface area contributed by atoms with E-state index in [0.29, 0.717) is 26.1 Å². The topological polar surface area (TPSA) is 54.5 Å². The maximum atomic E-state index is 12.2. The summed E-state index contributed by atoms with van der Waals surface area (Å²) in [5.74, 6) is 0.149. The van der Waals surface area contributed by atoms with E-state index < -0.39 is 0 Å². The highest BCUT2D eigenvalue weighted by Gasteiger charge is 2.20. The number of ether oxygens (including phenoxy) is 1. The number of carbonyl (C=O) groups excluding carboxylic acids is 1. The second-order valence-corrected chi connectivity index (χ2v) is 4.66. The van der Waals surface area contributed by atoms with Crippen molar-refractivity contribution in [2.45, 2.75) is 25.9 Å². The lowest BCUT2D eigenvalue weighted by molar-refractivity contribution is -0.132. The van der Waals surface area contributed by atoms with Gasteiger partial charge in [-0.2, -0.15) is 0 Å². The Labute approximate surface area is 138 Å². The van der Waals surface area contributed by atoms with Crippen molar-refractivity contribution >= 4 is 30.7 Å². The molecule has 0 bridgehead atoms. The van der Waals surface area contributed by atoms with E-state index in [1.807, 2.05) is 30.0 Å². The molecule has 1 aromatic heterocycles. The lowest BCUT2D eigenvalue weighted by atomic mass is 10.1. The predicted octanol–water partition coefficient (Wildman–Crippen LogP) is 1.65. The molecule has 1 aliphatic rings. The van der Waals surface area contributed by atoms with Gasteiger partial charge in [0.05, 0.1) is 25.5 Å². The van der Waals surface area contributed by atoms with Gasteiger partial charge in [-0.25, -0.2) is 0 Å². The summed E-state index contributed by atoms with van der Waals surface area (Å²) < 4.78 is 5.37. The van der Waals surface area contributed by atoms with Crippen molar-refractivity contribution in [3.63, 3.8) is 0 Å². The van der Waals surface area contributed by atoms with Crippen LogP contribution in [0, 0.1) is 0 Å². The Kier molecular flexibility index (Phi) is 10.3. The SMILES string of the molecule is CCN(Cc1ccccn1)C(=O)CC1COCCN1.Cl.Cl. The number of hydrogen-bond donors (Lipinski definition) is 1. The fourth-order valence-corrected chi connectivity index (χ4v) is 2.15. The minimum Gasteiger partial charge on any atom is -0.378 e. The van der Waals surface area contributed by atoms with Gasteiger partial charge in [-0.1, -0.05) is 6.07 Å². The number of nitrogens with zero attached hydrogens (tertiary/aromatic N) is 2. The molecule has 120 valence electrons. The fraction of sp³-hybridized carbons (Fsp3) is 0.571. The van der Waals surface area contributed by atoms with Gasteiger partial charge in [0.15, 0.2) is 0 Å². The Bertz CT molecular complexity index is 400. The van der Waals surface area contributed by atoms with Crippen LogP contribution < -0.4 is 5.32 Å². The molecule has 2 heterocycles. The number of halogens is 2. The van der Waals surface area contributed by atoms with Crippen LogP contribution in [-0.4, -0.2) is 48.1 Å². The van der Waals surface area contributed by atoms with Crippen LogP contribution in [0.3, 0.4) is 0 Å². The van der Waals surface area contributed by atoms with E-state index in [4.69, 9.17) is 4.74 Å². The van der Waals surface area contributed by atoms with Crippen LogP contribution >= 0.6 is 24.8 Å². The number of hydrogen-bond acceptors (Lipinski definition) is 4. The first kappa shape index (κ1) is 20.1. The average Bonchev–Trinajstić information content (AvgIpc) is 2.47. The standard InChI is InChI=1S/C14H21N3O2.2ClH/c1-2-17(10-12-5-3-4-6-15-12)14(18)9-13-11-19-8-7-16-13;;/h3-6,13,16H,2,7-11H2,1H3;2*1H. The van der Waals surface area contributed by atoms with E-state index in [1.54, 1.807) is 6.20 Å². The molecule has 1 aromatic rings. The van der Waals surface area contributed by atoms with E-state index in [0.717, 1.165) is 18.8 Å². The third kappa shape index (κ3) is 6.61. The molecular formula is C14H23Cl2N3O2. The van der Waals surface area contributed by atoms with Crippen molar-refractivity contribution in [2.75, 3.05) is 26.3 Å². The van der Waals surface area contributed by atoms with Gasteiger partial charge in [0.1, 0.15) is 0 Å². The third-order valence-corrected chi connectivity index (χ3v) is 3.23. The molecule has 7 heteroatoms. The molecule has 1 aliphatic heterocycles. The summed E-state index contributed by atoms with van der Waals surface area (Å²) in [5.41, 5.74) is 0.922. The van der Waals surface area contributed by atoms with E-state index >= 15 is 0 Å². The van der Waals surface area contributed by atoms with E-state index in [-0.39, 0.29) is 36.8 Å². The second kappa shape index (κ2) is 10.8. The highest BCUT2D eigenvalue weighted by atomic mass is 35.5. The number of aromatic nitrogens is 1. The fourth-order valence-electron chi connectivity index (χ4n) is 2.15. The lowest BCUT2D eigenvalue weighted by Gasteiger charge is -2.27. The van der Waals surface area contributed by atoms with Gasteiger partial charge in [0.2, 0.25) is 5.91 Å². The Morgan fingerprint density at radius 2 is 2.29 bits per heavy atom. The number of amides is 1. The van der Waals surface area contributed by atoms with Gasteiger partial charge in [0.25, 0.3) is 0 Å². The molecule has 0 saturated carbocycles. The van der Waals surface area contributed by atoms with Crippen LogP contribution in [-0.2, 0) is 16.1 Å². The van der Waals surface area contributed by atoms with Crippen LogP contribution in [0.1, 0.15) is 19.0 Å². The number of nitrogens with one attached hydrogen (secondary N) is 1. The Morgan fingerprint density at radius 3 is 2.86 bits per heavy atom. The molecule has 0 aliphatic carbocycles. The molecule has 21 heavy (non-hydrogen) atoms. The Morgan fingerprint density at radius 1 is 1.48 bits per heavy atom. The molecule has 2 rings (SSSR count). The summed E-state index contributed by atoms with van der Waals surface area (Å²) in [5, 5.41) is 3.30. The molecular weight excluding hydrogens is 313 g/mol. The maximum absolute atomic E-state index is 12.2. The van der Waals surface area contributed by atoms with Crippen LogP contribution in [0.15, 0.2) is 24.4 Å². The predicted molar refractivity (Wildman–Crippen MR) is 87.1 cm³/mol. The van der Waals surface area contributed by atoms with Crippen LogP contribution in [0.4, 0.5) is 0 Å². The molecule has 1 saturated heterocycles. The van der Waals surface area contributed by atoms with Gasteiger partial charge in [-0.05, 0) is 19.1 Å². The zero-order valence-corrected chi connectivity index (χ0v) is 13.8. The third-order valence-electron chi connectivity index (χ3n) is 3.23. The molecule has 0 aromatic carbocycles. The van der Waals surface area contributed by atoms with Crippen LogP contribution in [0.5, 0.6) is 0 Å². The van der Waals surface area contributed by atoms with Crippen molar-refractivity contribution in [1.82, 2.24) is 15.2 Å². The molecule has 1 amide bonds. The van der Waals surface area contributed by atoms with E-state index in [2.05, 4.69) is 10.3 Å². The molecule has 0 radical (unpaired) electrons. The summed E-state index contributed by atoms with van der Waals surface area (Å²) in [4.78, 5) is 18.3. The summed E-state index contributed by atoms with van der Waals surface area (Å²) in [7, 11) is 0. The van der Waals surface area contributed by atoms with E-state index in [9.17, 15) is 4.79 Å². The zero-order valence-electron chi connectivity index (χ0n) is 12.2. The summed E-state index contributed by atoms with van der Waals surface area (Å²) in [6.45, 7) is 5.44. The monoisotopic (exact) mass is 335 g/mol. The number of rotatable bonds is 5. The van der Waals surface area contributed by atoms with Crippen molar-refractivity contribution in [3.8, 4) is 0 Å². The Balaban J connectivity index is 0.00000200. The summed E-state index contributed by atoms with van der Waals surface area (Å²) in [6.07, 6.45) is 2.24. The van der Waals surface area contributed by atoms with Crippen molar-refractivity contribution in [2.24, 2.45) is 0 Å². The normalized spacial score (nSPS) is 17.3. The van der Waals surface area contributed by atoms with Crippen LogP contribution in [0.2, 0.25) is 0 Å². The highest BCUT2D eigenvalue weighted by molar-refractivity contribution is 5.85. The lowest BCUT2D eigenvalue weighted by Crippen LogP contribution is -2.45. The largest absolute Gasteiger partial charge is 0.378 e. The zero-order chi connectivity index (χ0) is 13.5. The van der Waals surface area contributed by atoms with Crippen molar-refractivity contribution in [3.05, 3.63) is 30.1 Å². The minimum atomic E-state index is 0. The number of morpholine rings is 1. The van der Waals surface area contributed by atoms with Gasteiger partial charge in [-0.15, -0.1) is 24.8 Å². The van der Waals surface area contributed by atoms with E-state index in [1.165, 1.54) is 0 Å². The second-order valence-electron chi connectivity index (χ2n) is 4.66. The van der Waals surface area contributed by atoms with Crippen molar-refractivity contribution < 1.29 is 9.53 Å². The summed E-state index contributed by atoms with van der Waals surface area (Å²) >= 11 is 0. The number of pyridine rings is 1. The van der Waals surface area contributed by atoms with Crippen molar-refractivity contribution in [1.29, 1.82) is 0 Å². The first-order valence-electron chi connectivity index (χ1n) is 6.78. The first-order valence-corrected chi connectivity index (χ1v) is 6.78.